The summed E-state index contributed by atoms with van der Waals surface area (Å²) in [6.45, 7) is 4.51. The summed E-state index contributed by atoms with van der Waals surface area (Å²) in [6, 6.07) is 3.20. The maximum absolute atomic E-state index is 11.7. The molecule has 1 amide bonds. The first-order valence-corrected chi connectivity index (χ1v) is 5.59. The van der Waals surface area contributed by atoms with Crippen molar-refractivity contribution in [3.8, 4) is 0 Å². The lowest BCUT2D eigenvalue weighted by atomic mass is 10.2. The van der Waals surface area contributed by atoms with E-state index in [1.807, 2.05) is 7.05 Å². The molecule has 0 saturated carbocycles. The predicted octanol–water partition coefficient (Wildman–Crippen LogP) is 1.42. The maximum Gasteiger partial charge on any atom is 0.251 e. The third-order valence-electron chi connectivity index (χ3n) is 2.31. The smallest absolute Gasteiger partial charge is 0.251 e. The molecule has 0 aromatic carbocycles. The van der Waals surface area contributed by atoms with Crippen LogP contribution in [0, 0.1) is 0 Å². The number of hydrogen-bond acceptors (Lipinski definition) is 3. The lowest BCUT2D eigenvalue weighted by Crippen LogP contribution is -2.32. The Morgan fingerprint density at radius 3 is 3.00 bits per heavy atom. The molecule has 1 aromatic heterocycles. The number of carbonyl (C=O) groups excluding carboxylic acids is 1. The van der Waals surface area contributed by atoms with Crippen molar-refractivity contribution in [3.05, 3.63) is 29.0 Å². The molecule has 1 aromatic rings. The summed E-state index contributed by atoms with van der Waals surface area (Å²) < 4.78 is 0. The van der Waals surface area contributed by atoms with E-state index in [2.05, 4.69) is 22.1 Å². The van der Waals surface area contributed by atoms with Crippen molar-refractivity contribution in [1.82, 2.24) is 15.2 Å². The molecule has 88 valence electrons. The Morgan fingerprint density at radius 1 is 1.62 bits per heavy atom. The van der Waals surface area contributed by atoms with Gasteiger partial charge in [-0.15, -0.1) is 0 Å². The summed E-state index contributed by atoms with van der Waals surface area (Å²) >= 11 is 5.70. The Labute approximate surface area is 101 Å². The van der Waals surface area contributed by atoms with E-state index in [1.54, 1.807) is 12.1 Å². The second-order valence-corrected chi connectivity index (χ2v) is 3.91. The van der Waals surface area contributed by atoms with Crippen LogP contribution in [0.2, 0.25) is 5.15 Å². The Morgan fingerprint density at radius 2 is 2.38 bits per heavy atom. The van der Waals surface area contributed by atoms with Gasteiger partial charge in [0.2, 0.25) is 0 Å². The number of hydrogen-bond donors (Lipinski definition) is 1. The van der Waals surface area contributed by atoms with Gasteiger partial charge in [0.25, 0.3) is 5.91 Å². The van der Waals surface area contributed by atoms with E-state index in [4.69, 9.17) is 11.6 Å². The van der Waals surface area contributed by atoms with Crippen molar-refractivity contribution in [2.75, 3.05) is 26.7 Å². The Hall–Kier alpha value is -1.13. The van der Waals surface area contributed by atoms with Crippen molar-refractivity contribution >= 4 is 17.5 Å². The number of rotatable bonds is 5. The first-order valence-electron chi connectivity index (χ1n) is 5.21. The molecular formula is C11H16ClN3O. The van der Waals surface area contributed by atoms with Crippen LogP contribution in [-0.4, -0.2) is 42.5 Å². The van der Waals surface area contributed by atoms with Gasteiger partial charge in [-0.05, 0) is 25.7 Å². The number of halogens is 1. The van der Waals surface area contributed by atoms with Gasteiger partial charge in [0.05, 0.1) is 0 Å². The average Bonchev–Trinajstić information content (AvgIpc) is 2.28. The fourth-order valence-corrected chi connectivity index (χ4v) is 1.34. The van der Waals surface area contributed by atoms with Crippen molar-refractivity contribution in [2.24, 2.45) is 0 Å². The van der Waals surface area contributed by atoms with Gasteiger partial charge in [-0.1, -0.05) is 18.5 Å². The van der Waals surface area contributed by atoms with Gasteiger partial charge in [-0.3, -0.25) is 4.79 Å². The minimum absolute atomic E-state index is 0.117. The summed E-state index contributed by atoms with van der Waals surface area (Å²) in [6.07, 6.45) is 1.52. The van der Waals surface area contributed by atoms with Crippen LogP contribution in [0.25, 0.3) is 0 Å². The number of pyridine rings is 1. The molecule has 0 saturated heterocycles. The molecule has 0 bridgehead atoms. The van der Waals surface area contributed by atoms with Crippen LogP contribution in [0.5, 0.6) is 0 Å². The second-order valence-electron chi connectivity index (χ2n) is 3.52. The minimum atomic E-state index is -0.117. The minimum Gasteiger partial charge on any atom is -0.351 e. The zero-order valence-corrected chi connectivity index (χ0v) is 10.3. The van der Waals surface area contributed by atoms with Crippen molar-refractivity contribution in [2.45, 2.75) is 6.92 Å². The molecule has 0 unspecified atom stereocenters. The van der Waals surface area contributed by atoms with Crippen molar-refractivity contribution < 1.29 is 4.79 Å². The Balaban J connectivity index is 2.41. The fourth-order valence-electron chi connectivity index (χ4n) is 1.16. The van der Waals surface area contributed by atoms with Crippen molar-refractivity contribution in [1.29, 1.82) is 0 Å². The van der Waals surface area contributed by atoms with Crippen LogP contribution in [0.15, 0.2) is 18.3 Å². The summed E-state index contributed by atoms with van der Waals surface area (Å²) in [7, 11) is 2.01. The van der Waals surface area contributed by atoms with E-state index in [0.29, 0.717) is 17.3 Å². The molecule has 4 nitrogen and oxygen atoms in total. The standard InChI is InChI=1S/C11H16ClN3O/c1-3-15(2)7-6-14-11(16)9-4-5-13-10(12)8-9/h4-5,8H,3,6-7H2,1-2H3,(H,14,16). The second kappa shape index (κ2) is 6.45. The average molecular weight is 242 g/mol. The van der Waals surface area contributed by atoms with E-state index in [9.17, 15) is 4.79 Å². The third-order valence-corrected chi connectivity index (χ3v) is 2.51. The molecule has 0 atom stereocenters. The molecule has 1 rings (SSSR count). The third kappa shape index (κ3) is 4.16. The van der Waals surface area contributed by atoms with E-state index < -0.39 is 0 Å². The topological polar surface area (TPSA) is 45.2 Å². The van der Waals surface area contributed by atoms with Gasteiger partial charge in [0, 0.05) is 24.8 Å². The highest BCUT2D eigenvalue weighted by Crippen LogP contribution is 2.06. The predicted molar refractivity (Wildman–Crippen MR) is 64.8 cm³/mol. The summed E-state index contributed by atoms with van der Waals surface area (Å²) in [5.74, 6) is -0.117. The van der Waals surface area contributed by atoms with Gasteiger partial charge >= 0.3 is 0 Å². The normalized spacial score (nSPS) is 10.5. The van der Waals surface area contributed by atoms with Crippen LogP contribution >= 0.6 is 11.6 Å². The first-order chi connectivity index (χ1) is 7.63. The Kier molecular flexibility index (Phi) is 5.22. The van der Waals surface area contributed by atoms with E-state index >= 15 is 0 Å². The summed E-state index contributed by atoms with van der Waals surface area (Å²) in [5.41, 5.74) is 0.541. The lowest BCUT2D eigenvalue weighted by molar-refractivity contribution is 0.0950. The van der Waals surface area contributed by atoms with Gasteiger partial charge in [0.1, 0.15) is 5.15 Å². The molecule has 16 heavy (non-hydrogen) atoms. The Bertz CT molecular complexity index is 357. The van der Waals surface area contributed by atoms with Crippen LogP contribution in [-0.2, 0) is 0 Å². The highest BCUT2D eigenvalue weighted by atomic mass is 35.5. The number of carbonyl (C=O) groups is 1. The molecule has 0 aliphatic heterocycles. The van der Waals surface area contributed by atoms with Crippen LogP contribution in [0.3, 0.4) is 0 Å². The molecule has 0 spiro atoms. The zero-order chi connectivity index (χ0) is 12.0. The van der Waals surface area contributed by atoms with E-state index in [-0.39, 0.29) is 5.91 Å². The summed E-state index contributed by atoms with van der Waals surface area (Å²) in [4.78, 5) is 17.6. The number of nitrogens with zero attached hydrogens (tertiary/aromatic N) is 2. The van der Waals surface area contributed by atoms with Gasteiger partial charge < -0.3 is 10.2 Å². The van der Waals surface area contributed by atoms with Gasteiger partial charge in [0.15, 0.2) is 0 Å². The SMILES string of the molecule is CCN(C)CCNC(=O)c1ccnc(Cl)c1. The number of amides is 1. The zero-order valence-electron chi connectivity index (χ0n) is 9.53. The van der Waals surface area contributed by atoms with E-state index in [0.717, 1.165) is 13.1 Å². The molecule has 0 fully saturated rings. The first kappa shape index (κ1) is 12.9. The fraction of sp³-hybridized carbons (Fsp3) is 0.455. The molecule has 5 heteroatoms. The monoisotopic (exact) mass is 241 g/mol. The number of nitrogens with one attached hydrogen (secondary N) is 1. The van der Waals surface area contributed by atoms with Crippen molar-refractivity contribution in [3.63, 3.8) is 0 Å². The van der Waals surface area contributed by atoms with Crippen LogP contribution < -0.4 is 5.32 Å². The quantitative estimate of drug-likeness (QED) is 0.793. The molecule has 0 radical (unpaired) electrons. The molecule has 0 aliphatic rings. The van der Waals surface area contributed by atoms with Gasteiger partial charge in [-0.25, -0.2) is 4.98 Å². The van der Waals surface area contributed by atoms with E-state index in [1.165, 1.54) is 6.20 Å². The maximum atomic E-state index is 11.7. The van der Waals surface area contributed by atoms with Gasteiger partial charge in [-0.2, -0.15) is 0 Å². The highest BCUT2D eigenvalue weighted by Gasteiger charge is 2.05. The van der Waals surface area contributed by atoms with Crippen LogP contribution in [0.4, 0.5) is 0 Å². The summed E-state index contributed by atoms with van der Waals surface area (Å²) in [5, 5.41) is 3.16. The highest BCUT2D eigenvalue weighted by molar-refractivity contribution is 6.29. The molecule has 1 heterocycles. The molecule has 0 aliphatic carbocycles. The number of likely N-dealkylation sites (N-methyl/N-ethyl adjacent to an activating group) is 1. The molecular weight excluding hydrogens is 226 g/mol. The lowest BCUT2D eigenvalue weighted by Gasteiger charge is -2.13. The van der Waals surface area contributed by atoms with Crippen LogP contribution in [0.1, 0.15) is 17.3 Å². The number of aromatic nitrogens is 1. The largest absolute Gasteiger partial charge is 0.351 e. The molecule has 1 N–H and O–H groups in total.